The first-order valence-corrected chi connectivity index (χ1v) is 12.6. The van der Waals surface area contributed by atoms with E-state index < -0.39 is 5.91 Å². The van der Waals surface area contributed by atoms with Crippen molar-refractivity contribution in [3.63, 3.8) is 0 Å². The minimum atomic E-state index is -0.410. The predicted octanol–water partition coefficient (Wildman–Crippen LogP) is 2.23. The quantitative estimate of drug-likeness (QED) is 0.341. The fourth-order valence-corrected chi connectivity index (χ4v) is 4.55. The number of hydrogen-bond donors (Lipinski definition) is 2. The Labute approximate surface area is 220 Å². The number of ether oxygens (including phenoxy) is 2. The Morgan fingerprint density at radius 1 is 1.03 bits per heavy atom. The van der Waals surface area contributed by atoms with E-state index in [-0.39, 0.29) is 36.7 Å². The van der Waals surface area contributed by atoms with Crippen LogP contribution in [0.15, 0.2) is 42.5 Å². The normalized spacial score (nSPS) is 16.9. The number of amides is 2. The third-order valence-corrected chi connectivity index (χ3v) is 6.55. The molecule has 1 saturated carbocycles. The number of aryl methyl sites for hydroxylation is 2. The van der Waals surface area contributed by atoms with Crippen LogP contribution in [0.25, 0.3) is 11.4 Å². The van der Waals surface area contributed by atoms with E-state index in [1.165, 1.54) is 11.8 Å². The molecule has 0 unspecified atom stereocenters. The van der Waals surface area contributed by atoms with Gasteiger partial charge >= 0.3 is 5.97 Å². The molecule has 2 heterocycles. The third-order valence-electron chi connectivity index (χ3n) is 6.55. The Bertz CT molecular complexity index is 1290. The molecule has 38 heavy (non-hydrogen) atoms. The molecule has 1 fully saturated rings. The average molecular weight is 521 g/mol. The zero-order chi connectivity index (χ0) is 27.1. The van der Waals surface area contributed by atoms with E-state index in [4.69, 9.17) is 9.47 Å². The number of esters is 1. The van der Waals surface area contributed by atoms with Crippen molar-refractivity contribution in [2.45, 2.75) is 51.6 Å². The molecule has 2 N–H and O–H groups in total. The van der Waals surface area contributed by atoms with Crippen molar-refractivity contribution in [2.24, 2.45) is 13.0 Å². The van der Waals surface area contributed by atoms with Crippen LogP contribution >= 0.6 is 0 Å². The van der Waals surface area contributed by atoms with Crippen molar-refractivity contribution in [3.8, 4) is 17.1 Å². The molecule has 3 aromatic rings. The summed E-state index contributed by atoms with van der Waals surface area (Å²) in [4.78, 5) is 41.3. The first kappa shape index (κ1) is 26.8. The lowest BCUT2D eigenvalue weighted by atomic mass is 9.87. The van der Waals surface area contributed by atoms with Gasteiger partial charge in [-0.15, -0.1) is 5.10 Å². The van der Waals surface area contributed by atoms with Crippen LogP contribution in [0, 0.1) is 12.8 Å². The Balaban J connectivity index is 1.37. The van der Waals surface area contributed by atoms with Crippen molar-refractivity contribution in [3.05, 3.63) is 59.4 Å². The summed E-state index contributed by atoms with van der Waals surface area (Å²) in [6, 6.07) is 12.9. The highest BCUT2D eigenvalue weighted by atomic mass is 16.5. The molecule has 2 amide bonds. The molecule has 2 aromatic heterocycles. The molecule has 200 valence electrons. The number of hydrogen-bond acceptors (Lipinski definition) is 8. The van der Waals surface area contributed by atoms with Crippen molar-refractivity contribution in [2.75, 3.05) is 7.11 Å². The van der Waals surface area contributed by atoms with E-state index in [0.29, 0.717) is 34.9 Å². The lowest BCUT2D eigenvalue weighted by molar-refractivity contribution is -0.147. The van der Waals surface area contributed by atoms with Crippen LogP contribution < -0.4 is 15.6 Å². The molecule has 4 rings (SSSR count). The van der Waals surface area contributed by atoms with Gasteiger partial charge in [0.1, 0.15) is 11.4 Å². The summed E-state index contributed by atoms with van der Waals surface area (Å²) < 4.78 is 12.6. The molecular formula is C27H32N6O5. The van der Waals surface area contributed by atoms with Crippen LogP contribution in [-0.2, 0) is 39.0 Å². The van der Waals surface area contributed by atoms with Gasteiger partial charge in [0.2, 0.25) is 11.8 Å². The maximum absolute atomic E-state index is 12.6. The van der Waals surface area contributed by atoms with Gasteiger partial charge in [0.25, 0.3) is 0 Å². The highest BCUT2D eigenvalue weighted by Gasteiger charge is 2.29. The van der Waals surface area contributed by atoms with Gasteiger partial charge in [-0.2, -0.15) is 0 Å². The summed E-state index contributed by atoms with van der Waals surface area (Å²) in [5.74, 6) is -0.446. The number of nitrogens with zero attached hydrogens (tertiary/aromatic N) is 4. The highest BCUT2D eigenvalue weighted by Crippen LogP contribution is 2.31. The monoisotopic (exact) mass is 520 g/mol. The number of carbonyl (C=O) groups excluding carboxylic acids is 3. The van der Waals surface area contributed by atoms with E-state index in [1.807, 2.05) is 43.3 Å². The minimum absolute atomic E-state index is 0.0551. The largest absolute Gasteiger partial charge is 0.489 e. The molecule has 0 spiro atoms. The molecule has 0 saturated heterocycles. The molecule has 11 heteroatoms. The summed E-state index contributed by atoms with van der Waals surface area (Å²) in [7, 11) is 3.10. The lowest BCUT2D eigenvalue weighted by Crippen LogP contribution is -2.43. The molecule has 1 aromatic carbocycles. The summed E-state index contributed by atoms with van der Waals surface area (Å²) in [6.45, 7) is 1.84. The van der Waals surface area contributed by atoms with Crippen molar-refractivity contribution >= 4 is 17.8 Å². The van der Waals surface area contributed by atoms with E-state index in [1.54, 1.807) is 13.1 Å². The first-order valence-electron chi connectivity index (χ1n) is 12.6. The number of aromatic nitrogens is 4. The summed E-state index contributed by atoms with van der Waals surface area (Å²) in [5, 5.41) is 8.27. The first-order chi connectivity index (χ1) is 18.3. The number of rotatable bonds is 8. The van der Waals surface area contributed by atoms with Crippen molar-refractivity contribution < 1.29 is 23.9 Å². The molecule has 11 nitrogen and oxygen atoms in total. The molecule has 0 aliphatic heterocycles. The van der Waals surface area contributed by atoms with E-state index in [2.05, 4.69) is 26.1 Å². The van der Waals surface area contributed by atoms with E-state index >= 15 is 0 Å². The molecule has 0 radical (unpaired) electrons. The number of nitrogens with one attached hydrogen (secondary N) is 2. The van der Waals surface area contributed by atoms with Gasteiger partial charge in [-0.3, -0.25) is 29.9 Å². The molecular weight excluding hydrogens is 488 g/mol. The number of carbonyl (C=O) groups is 3. The standard InChI is InChI=1S/C27H32N6O5/c1-17-23(38-20-11-7-10-19(15-20)27(36)37-3)13-12-21(28-17)26-22(33(2)32-31-26)16-25(35)30-29-24(34)14-18-8-5-4-6-9-18/h4-6,8-9,12-13,19-20H,7,10-11,14-16H2,1-3H3,(H,29,34)(H,30,35)/t19-,20-/m0/s1. The minimum Gasteiger partial charge on any atom is -0.489 e. The Morgan fingerprint density at radius 3 is 2.47 bits per heavy atom. The zero-order valence-corrected chi connectivity index (χ0v) is 21.8. The molecule has 2 atom stereocenters. The third kappa shape index (κ3) is 6.72. The van der Waals surface area contributed by atoms with Gasteiger partial charge < -0.3 is 9.47 Å². The second-order valence-corrected chi connectivity index (χ2v) is 9.35. The fourth-order valence-electron chi connectivity index (χ4n) is 4.55. The lowest BCUT2D eigenvalue weighted by Gasteiger charge is -2.28. The predicted molar refractivity (Wildman–Crippen MR) is 137 cm³/mol. The Hall–Kier alpha value is -4.28. The van der Waals surface area contributed by atoms with E-state index in [9.17, 15) is 14.4 Å². The van der Waals surface area contributed by atoms with Crippen LogP contribution in [0.2, 0.25) is 0 Å². The number of methoxy groups -OCH3 is 1. The zero-order valence-electron chi connectivity index (χ0n) is 21.8. The fraction of sp³-hybridized carbons (Fsp3) is 0.407. The maximum atomic E-state index is 12.6. The van der Waals surface area contributed by atoms with E-state index in [0.717, 1.165) is 24.8 Å². The number of pyridine rings is 1. The van der Waals surface area contributed by atoms with Crippen LogP contribution in [0.3, 0.4) is 0 Å². The van der Waals surface area contributed by atoms with Crippen molar-refractivity contribution in [1.82, 2.24) is 30.8 Å². The van der Waals surface area contributed by atoms with Crippen LogP contribution in [0.4, 0.5) is 0 Å². The highest BCUT2D eigenvalue weighted by molar-refractivity contribution is 5.84. The van der Waals surface area contributed by atoms with Gasteiger partial charge in [-0.25, -0.2) is 4.98 Å². The number of hydrazine groups is 1. The maximum Gasteiger partial charge on any atom is 0.308 e. The molecule has 1 aliphatic carbocycles. The topological polar surface area (TPSA) is 137 Å². The van der Waals surface area contributed by atoms with Crippen molar-refractivity contribution in [1.29, 1.82) is 0 Å². The SMILES string of the molecule is COC(=O)[C@H]1CCC[C@H](Oc2ccc(-c3nnn(C)c3CC(=O)NNC(=O)Cc3ccccc3)nc2C)C1. The van der Waals surface area contributed by atoms with Crippen LogP contribution in [0.1, 0.15) is 42.6 Å². The Morgan fingerprint density at radius 2 is 1.76 bits per heavy atom. The summed E-state index contributed by atoms with van der Waals surface area (Å²) in [5.41, 5.74) is 7.97. The summed E-state index contributed by atoms with van der Waals surface area (Å²) in [6.07, 6.45) is 3.18. The van der Waals surface area contributed by atoms with Gasteiger partial charge in [0, 0.05) is 7.05 Å². The van der Waals surface area contributed by atoms with Gasteiger partial charge in [0.05, 0.1) is 49.1 Å². The van der Waals surface area contributed by atoms with Gasteiger partial charge in [-0.1, -0.05) is 35.5 Å². The van der Waals surface area contributed by atoms with Gasteiger partial charge in [0.15, 0.2) is 0 Å². The molecule has 0 bridgehead atoms. The van der Waals surface area contributed by atoms with Gasteiger partial charge in [-0.05, 0) is 50.3 Å². The summed E-state index contributed by atoms with van der Waals surface area (Å²) >= 11 is 0. The average Bonchev–Trinajstić information content (AvgIpc) is 3.28. The second-order valence-electron chi connectivity index (χ2n) is 9.35. The van der Waals surface area contributed by atoms with Crippen LogP contribution in [-0.4, -0.2) is 51.0 Å². The second kappa shape index (κ2) is 12.3. The number of benzene rings is 1. The Kier molecular flexibility index (Phi) is 8.67. The molecule has 1 aliphatic rings. The van der Waals surface area contributed by atoms with Crippen LogP contribution in [0.5, 0.6) is 5.75 Å². The smallest absolute Gasteiger partial charge is 0.308 e.